The molecule has 0 fully saturated rings. The number of nitrogens with one attached hydrogen (secondary N) is 1. The standard InChI is InChI=1S/C23H20ClN5O4S/c1-2-33-22(31)17-5-3-4-6-18(17)25-20(30)13-28-23(32)29-19(26-28)11-12-21(27-29)34-14-15-7-9-16(24)10-8-15/h3-12H,2,13-14H2,1H3,(H,25,30). The summed E-state index contributed by atoms with van der Waals surface area (Å²) in [6, 6.07) is 17.4. The minimum Gasteiger partial charge on any atom is -0.462 e. The van der Waals surface area contributed by atoms with Crippen molar-refractivity contribution < 1.29 is 14.3 Å². The molecule has 2 aromatic heterocycles. The van der Waals surface area contributed by atoms with Crippen LogP contribution in [-0.2, 0) is 21.8 Å². The number of amides is 1. The molecule has 0 atom stereocenters. The van der Waals surface area contributed by atoms with Gasteiger partial charge in [0.05, 0.1) is 17.9 Å². The summed E-state index contributed by atoms with van der Waals surface area (Å²) in [7, 11) is 0. The number of carbonyl (C=O) groups is 2. The normalized spacial score (nSPS) is 10.9. The number of anilines is 1. The van der Waals surface area contributed by atoms with Gasteiger partial charge in [-0.3, -0.25) is 4.79 Å². The predicted octanol–water partition coefficient (Wildman–Crippen LogP) is 3.65. The lowest BCUT2D eigenvalue weighted by Gasteiger charge is -2.10. The molecule has 0 unspecified atom stereocenters. The second-order valence-electron chi connectivity index (χ2n) is 7.11. The van der Waals surface area contributed by atoms with Crippen molar-refractivity contribution in [2.75, 3.05) is 11.9 Å². The number of hydrogen-bond acceptors (Lipinski definition) is 7. The number of carbonyl (C=O) groups excluding carboxylic acids is 2. The summed E-state index contributed by atoms with van der Waals surface area (Å²) in [5.41, 5.74) is 1.36. The third-order valence-corrected chi connectivity index (χ3v) is 5.95. The van der Waals surface area contributed by atoms with E-state index in [0.29, 0.717) is 27.1 Å². The maximum Gasteiger partial charge on any atom is 0.367 e. The number of hydrogen-bond donors (Lipinski definition) is 1. The van der Waals surface area contributed by atoms with Crippen LogP contribution in [0.15, 0.2) is 70.5 Å². The lowest BCUT2D eigenvalue weighted by Crippen LogP contribution is -2.29. The highest BCUT2D eigenvalue weighted by molar-refractivity contribution is 7.98. The summed E-state index contributed by atoms with van der Waals surface area (Å²) in [5.74, 6) is -0.406. The number of nitrogens with zero attached hydrogens (tertiary/aromatic N) is 4. The minimum absolute atomic E-state index is 0.213. The minimum atomic E-state index is -0.545. The Bertz CT molecular complexity index is 1400. The van der Waals surface area contributed by atoms with E-state index in [1.807, 2.05) is 24.3 Å². The number of rotatable bonds is 8. The molecular formula is C23H20ClN5O4S. The summed E-state index contributed by atoms with van der Waals surface area (Å²) in [4.78, 5) is 37.5. The van der Waals surface area contributed by atoms with Gasteiger partial charge < -0.3 is 10.1 Å². The van der Waals surface area contributed by atoms with Gasteiger partial charge in [0, 0.05) is 10.8 Å². The molecule has 4 aromatic rings. The highest BCUT2D eigenvalue weighted by Crippen LogP contribution is 2.22. The Labute approximate surface area is 203 Å². The van der Waals surface area contributed by atoms with Crippen molar-refractivity contribution in [2.24, 2.45) is 0 Å². The highest BCUT2D eigenvalue weighted by atomic mass is 35.5. The second kappa shape index (κ2) is 10.5. The first-order valence-electron chi connectivity index (χ1n) is 10.3. The molecule has 0 saturated carbocycles. The largest absolute Gasteiger partial charge is 0.462 e. The van der Waals surface area contributed by atoms with Gasteiger partial charge in [-0.2, -0.15) is 9.61 Å². The van der Waals surface area contributed by atoms with Gasteiger partial charge in [-0.25, -0.2) is 14.3 Å². The quantitative estimate of drug-likeness (QED) is 0.292. The summed E-state index contributed by atoms with van der Waals surface area (Å²) >= 11 is 7.38. The number of aromatic nitrogens is 4. The summed E-state index contributed by atoms with van der Waals surface area (Å²) in [5, 5.41) is 12.5. The van der Waals surface area contributed by atoms with Crippen LogP contribution in [0.5, 0.6) is 0 Å². The number of esters is 1. The fraction of sp³-hybridized carbons (Fsp3) is 0.174. The van der Waals surface area contributed by atoms with E-state index < -0.39 is 17.6 Å². The Morgan fingerprint density at radius 2 is 1.82 bits per heavy atom. The third-order valence-electron chi connectivity index (χ3n) is 4.71. The molecule has 11 heteroatoms. The first-order valence-corrected chi connectivity index (χ1v) is 11.7. The van der Waals surface area contributed by atoms with Crippen molar-refractivity contribution >= 4 is 46.6 Å². The predicted molar refractivity (Wildman–Crippen MR) is 129 cm³/mol. The van der Waals surface area contributed by atoms with Crippen molar-refractivity contribution in [1.82, 2.24) is 19.4 Å². The summed E-state index contributed by atoms with van der Waals surface area (Å²) in [6.07, 6.45) is 0. The number of ether oxygens (including phenoxy) is 1. The lowest BCUT2D eigenvalue weighted by molar-refractivity contribution is -0.117. The van der Waals surface area contributed by atoms with Crippen molar-refractivity contribution in [3.8, 4) is 0 Å². The first kappa shape index (κ1) is 23.5. The zero-order valence-electron chi connectivity index (χ0n) is 18.1. The fourth-order valence-electron chi connectivity index (χ4n) is 3.11. The Morgan fingerprint density at radius 1 is 1.06 bits per heavy atom. The van der Waals surface area contributed by atoms with Gasteiger partial charge in [0.25, 0.3) is 0 Å². The van der Waals surface area contributed by atoms with Gasteiger partial charge in [0.15, 0.2) is 5.65 Å². The molecule has 0 saturated heterocycles. The van der Waals surface area contributed by atoms with Crippen LogP contribution in [0.1, 0.15) is 22.8 Å². The Hall–Kier alpha value is -3.63. The van der Waals surface area contributed by atoms with Crippen LogP contribution < -0.4 is 11.0 Å². The molecule has 0 radical (unpaired) electrons. The molecule has 2 aromatic carbocycles. The average Bonchev–Trinajstić information content (AvgIpc) is 3.13. The molecule has 0 bridgehead atoms. The van der Waals surface area contributed by atoms with E-state index in [1.165, 1.54) is 11.8 Å². The molecule has 1 N–H and O–H groups in total. The zero-order chi connectivity index (χ0) is 24.1. The van der Waals surface area contributed by atoms with E-state index in [0.717, 1.165) is 14.8 Å². The molecule has 0 aliphatic heterocycles. The van der Waals surface area contributed by atoms with Gasteiger partial charge >= 0.3 is 11.7 Å². The van der Waals surface area contributed by atoms with Crippen LogP contribution in [0, 0.1) is 0 Å². The van der Waals surface area contributed by atoms with Gasteiger partial charge in [-0.05, 0) is 48.9 Å². The summed E-state index contributed by atoms with van der Waals surface area (Å²) < 4.78 is 7.20. The van der Waals surface area contributed by atoms with Crippen LogP contribution in [0.3, 0.4) is 0 Å². The van der Waals surface area contributed by atoms with Gasteiger partial charge in [-0.15, -0.1) is 5.10 Å². The summed E-state index contributed by atoms with van der Waals surface area (Å²) in [6.45, 7) is 1.57. The molecular weight excluding hydrogens is 478 g/mol. The first-order chi connectivity index (χ1) is 16.4. The smallest absolute Gasteiger partial charge is 0.367 e. The molecule has 0 aliphatic rings. The highest BCUT2D eigenvalue weighted by Gasteiger charge is 2.16. The monoisotopic (exact) mass is 497 g/mol. The van der Waals surface area contributed by atoms with E-state index in [9.17, 15) is 14.4 Å². The number of benzene rings is 2. The van der Waals surface area contributed by atoms with Gasteiger partial charge in [0.2, 0.25) is 5.91 Å². The Morgan fingerprint density at radius 3 is 2.59 bits per heavy atom. The SMILES string of the molecule is CCOC(=O)c1ccccc1NC(=O)Cn1nc2ccc(SCc3ccc(Cl)cc3)nn2c1=O. The molecule has 174 valence electrons. The van der Waals surface area contributed by atoms with Crippen LogP contribution >= 0.6 is 23.4 Å². The number of para-hydroxylation sites is 1. The van der Waals surface area contributed by atoms with Crippen LogP contribution in [0.2, 0.25) is 5.02 Å². The molecule has 0 spiro atoms. The van der Waals surface area contributed by atoms with E-state index >= 15 is 0 Å². The molecule has 0 aliphatic carbocycles. The lowest BCUT2D eigenvalue weighted by atomic mass is 10.2. The topological polar surface area (TPSA) is 108 Å². The second-order valence-corrected chi connectivity index (χ2v) is 8.54. The third kappa shape index (κ3) is 5.46. The van der Waals surface area contributed by atoms with Crippen molar-refractivity contribution in [2.45, 2.75) is 24.2 Å². The van der Waals surface area contributed by atoms with Crippen molar-refractivity contribution in [3.05, 3.63) is 87.3 Å². The van der Waals surface area contributed by atoms with E-state index in [4.69, 9.17) is 16.3 Å². The van der Waals surface area contributed by atoms with Crippen molar-refractivity contribution in [1.29, 1.82) is 0 Å². The molecule has 2 heterocycles. The fourth-order valence-corrected chi connectivity index (χ4v) is 4.05. The average molecular weight is 498 g/mol. The number of thioether (sulfide) groups is 1. The van der Waals surface area contributed by atoms with Gasteiger partial charge in [-0.1, -0.05) is 47.6 Å². The molecule has 9 nitrogen and oxygen atoms in total. The Balaban J connectivity index is 1.47. The number of fused-ring (bicyclic) bond motifs is 1. The van der Waals surface area contributed by atoms with E-state index in [-0.39, 0.29) is 18.7 Å². The Kier molecular flexibility index (Phi) is 7.29. The maximum absolute atomic E-state index is 12.8. The van der Waals surface area contributed by atoms with Crippen molar-refractivity contribution in [3.63, 3.8) is 0 Å². The van der Waals surface area contributed by atoms with Crippen LogP contribution in [-0.4, -0.2) is 37.9 Å². The molecule has 1 amide bonds. The zero-order valence-corrected chi connectivity index (χ0v) is 19.7. The van der Waals surface area contributed by atoms with Crippen LogP contribution in [0.25, 0.3) is 5.65 Å². The van der Waals surface area contributed by atoms with E-state index in [2.05, 4.69) is 15.5 Å². The maximum atomic E-state index is 12.8. The molecule has 34 heavy (non-hydrogen) atoms. The number of halogens is 1. The molecule has 4 rings (SSSR count). The van der Waals surface area contributed by atoms with Crippen LogP contribution in [0.4, 0.5) is 5.69 Å². The van der Waals surface area contributed by atoms with Gasteiger partial charge in [0.1, 0.15) is 11.6 Å². The van der Waals surface area contributed by atoms with E-state index in [1.54, 1.807) is 43.3 Å².